The van der Waals surface area contributed by atoms with E-state index in [4.69, 9.17) is 9.26 Å². The smallest absolute Gasteiger partial charge is 0.261 e. The molecule has 0 radical (unpaired) electrons. The van der Waals surface area contributed by atoms with Crippen molar-refractivity contribution in [2.75, 3.05) is 13.7 Å². The third-order valence-electron chi connectivity index (χ3n) is 4.89. The zero-order valence-corrected chi connectivity index (χ0v) is 18.1. The van der Waals surface area contributed by atoms with Crippen LogP contribution in [0.3, 0.4) is 0 Å². The first kappa shape index (κ1) is 21.8. The summed E-state index contributed by atoms with van der Waals surface area (Å²) in [5.74, 6) is 1.50. The second-order valence-electron chi connectivity index (χ2n) is 7.12. The maximum atomic E-state index is 12.5. The lowest BCUT2D eigenvalue weighted by molar-refractivity contribution is -0.117. The molecule has 0 aliphatic carbocycles. The highest BCUT2D eigenvalue weighted by Gasteiger charge is 2.14. The number of hydrogen-bond acceptors (Lipinski definition) is 6. The Hall–Kier alpha value is -3.86. The second-order valence-corrected chi connectivity index (χ2v) is 7.12. The van der Waals surface area contributed by atoms with Gasteiger partial charge in [0.05, 0.1) is 7.11 Å². The summed E-state index contributed by atoms with van der Waals surface area (Å²) in [6.07, 6.45) is 2.83. The van der Waals surface area contributed by atoms with Crippen LogP contribution in [0.15, 0.2) is 40.4 Å². The summed E-state index contributed by atoms with van der Waals surface area (Å²) in [7, 11) is 1.63. The van der Waals surface area contributed by atoms with Crippen LogP contribution in [0, 0.1) is 32.1 Å². The van der Waals surface area contributed by atoms with E-state index in [1.54, 1.807) is 20.1 Å². The number of amides is 1. The molecule has 8 heteroatoms. The lowest BCUT2D eigenvalue weighted by atomic mass is 10.1. The fourth-order valence-corrected chi connectivity index (χ4v) is 3.34. The molecule has 0 atom stereocenters. The molecule has 0 aliphatic heterocycles. The minimum absolute atomic E-state index is 0.0589. The lowest BCUT2D eigenvalue weighted by Crippen LogP contribution is -2.25. The van der Waals surface area contributed by atoms with Crippen LogP contribution in [0.25, 0.3) is 11.8 Å². The normalized spacial score (nSPS) is 11.3. The zero-order valence-electron chi connectivity index (χ0n) is 18.1. The van der Waals surface area contributed by atoms with E-state index in [0.29, 0.717) is 31.1 Å². The molecule has 1 aromatic carbocycles. The van der Waals surface area contributed by atoms with E-state index < -0.39 is 5.91 Å². The Morgan fingerprint density at radius 2 is 2.03 bits per heavy atom. The summed E-state index contributed by atoms with van der Waals surface area (Å²) < 4.78 is 12.3. The van der Waals surface area contributed by atoms with Gasteiger partial charge in [0.2, 0.25) is 5.89 Å². The zero-order chi connectivity index (χ0) is 22.4. The molecule has 1 amide bonds. The van der Waals surface area contributed by atoms with Crippen molar-refractivity contribution < 1.29 is 14.1 Å². The minimum Gasteiger partial charge on any atom is -0.497 e. The maximum Gasteiger partial charge on any atom is 0.261 e. The number of aryl methyl sites for hydroxylation is 3. The first-order valence-corrected chi connectivity index (χ1v) is 9.95. The number of ether oxygens (including phenoxy) is 1. The highest BCUT2D eigenvalue weighted by atomic mass is 16.5. The highest BCUT2D eigenvalue weighted by Crippen LogP contribution is 2.24. The Morgan fingerprint density at radius 1 is 1.29 bits per heavy atom. The lowest BCUT2D eigenvalue weighted by Gasteiger charge is -2.10. The fraction of sp³-hybridized carbons (Fsp3) is 0.304. The van der Waals surface area contributed by atoms with E-state index >= 15 is 0 Å². The van der Waals surface area contributed by atoms with Crippen LogP contribution in [0.4, 0.5) is 0 Å². The first-order valence-electron chi connectivity index (χ1n) is 9.95. The van der Waals surface area contributed by atoms with Gasteiger partial charge >= 0.3 is 0 Å². The summed E-state index contributed by atoms with van der Waals surface area (Å²) >= 11 is 0. The number of nitriles is 1. The molecular weight excluding hydrogens is 394 g/mol. The van der Waals surface area contributed by atoms with E-state index in [-0.39, 0.29) is 5.57 Å². The number of carbonyl (C=O) groups excluding carboxylic acids is 1. The van der Waals surface area contributed by atoms with Gasteiger partial charge in [0.25, 0.3) is 5.91 Å². The molecule has 0 saturated heterocycles. The molecule has 0 fully saturated rings. The van der Waals surface area contributed by atoms with Gasteiger partial charge in [0.15, 0.2) is 5.82 Å². The molecule has 3 rings (SSSR count). The van der Waals surface area contributed by atoms with Crippen LogP contribution in [0.1, 0.15) is 35.1 Å². The van der Waals surface area contributed by atoms with Gasteiger partial charge in [-0.25, -0.2) is 0 Å². The van der Waals surface area contributed by atoms with Crippen molar-refractivity contribution in [2.45, 2.75) is 33.6 Å². The molecular formula is C23H25N5O3. The van der Waals surface area contributed by atoms with E-state index in [0.717, 1.165) is 28.4 Å². The Labute approximate surface area is 181 Å². The van der Waals surface area contributed by atoms with Crippen molar-refractivity contribution in [1.82, 2.24) is 20.0 Å². The van der Waals surface area contributed by atoms with Crippen molar-refractivity contribution in [1.29, 1.82) is 5.26 Å². The second kappa shape index (κ2) is 9.76. The number of nitrogens with one attached hydrogen (secondary N) is 1. The first-order chi connectivity index (χ1) is 14.9. The standard InChI is InChI=1S/C23H25N5O3/c1-15-12-18(16(2)28(15)20-7-9-21(30-4)10-8-20)13-19(14-24)23(29)25-11-5-6-22-26-17(3)27-31-22/h7-10,12-13H,5-6,11H2,1-4H3,(H,25,29)/b19-13-. The average Bonchev–Trinajstić information content (AvgIpc) is 3.31. The van der Waals surface area contributed by atoms with Gasteiger partial charge in [-0.05, 0) is 69.2 Å². The van der Waals surface area contributed by atoms with Crippen molar-refractivity contribution in [3.05, 3.63) is 64.6 Å². The minimum atomic E-state index is -0.404. The summed E-state index contributed by atoms with van der Waals surface area (Å²) in [5, 5.41) is 16.0. The third kappa shape index (κ3) is 5.20. The Morgan fingerprint density at radius 3 is 2.65 bits per heavy atom. The van der Waals surface area contributed by atoms with Gasteiger partial charge in [0.1, 0.15) is 17.4 Å². The number of carbonyl (C=O) groups is 1. The molecule has 0 bridgehead atoms. The maximum absolute atomic E-state index is 12.5. The van der Waals surface area contributed by atoms with E-state index in [2.05, 4.69) is 20.0 Å². The Balaban J connectivity index is 1.69. The van der Waals surface area contributed by atoms with Crippen LogP contribution in [-0.2, 0) is 11.2 Å². The molecule has 3 aromatic rings. The molecule has 0 aliphatic rings. The number of nitrogens with zero attached hydrogens (tertiary/aromatic N) is 4. The number of aromatic nitrogens is 3. The van der Waals surface area contributed by atoms with Gasteiger partial charge < -0.3 is 19.1 Å². The van der Waals surface area contributed by atoms with E-state index in [9.17, 15) is 10.1 Å². The van der Waals surface area contributed by atoms with Crippen LogP contribution >= 0.6 is 0 Å². The van der Waals surface area contributed by atoms with Crippen molar-refractivity contribution in [3.8, 4) is 17.5 Å². The molecule has 2 heterocycles. The molecule has 0 unspecified atom stereocenters. The van der Waals surface area contributed by atoms with Crippen LogP contribution in [0.5, 0.6) is 5.75 Å². The van der Waals surface area contributed by atoms with Crippen LogP contribution < -0.4 is 10.1 Å². The molecule has 0 saturated carbocycles. The molecule has 31 heavy (non-hydrogen) atoms. The largest absolute Gasteiger partial charge is 0.497 e. The summed E-state index contributed by atoms with van der Waals surface area (Å²) in [4.78, 5) is 16.6. The molecule has 1 N–H and O–H groups in total. The van der Waals surface area contributed by atoms with Crippen molar-refractivity contribution in [2.24, 2.45) is 0 Å². The average molecular weight is 419 g/mol. The quantitative estimate of drug-likeness (QED) is 0.341. The monoisotopic (exact) mass is 419 g/mol. The molecule has 160 valence electrons. The van der Waals surface area contributed by atoms with E-state index in [1.165, 1.54) is 0 Å². The van der Waals surface area contributed by atoms with Gasteiger partial charge in [-0.3, -0.25) is 4.79 Å². The number of hydrogen-bond donors (Lipinski definition) is 1. The summed E-state index contributed by atoms with van der Waals surface area (Å²) in [6.45, 7) is 6.11. The molecule has 8 nitrogen and oxygen atoms in total. The Kier molecular flexibility index (Phi) is 6.88. The number of rotatable bonds is 8. The van der Waals surface area contributed by atoms with Gasteiger partial charge in [-0.2, -0.15) is 10.2 Å². The van der Waals surface area contributed by atoms with Gasteiger partial charge in [-0.1, -0.05) is 5.16 Å². The predicted octanol–water partition coefficient (Wildman–Crippen LogP) is 3.45. The number of benzene rings is 1. The van der Waals surface area contributed by atoms with Crippen molar-refractivity contribution in [3.63, 3.8) is 0 Å². The van der Waals surface area contributed by atoms with Crippen LogP contribution in [0.2, 0.25) is 0 Å². The molecule has 2 aromatic heterocycles. The van der Waals surface area contributed by atoms with Gasteiger partial charge in [-0.15, -0.1) is 0 Å². The summed E-state index contributed by atoms with van der Waals surface area (Å²) in [5.41, 5.74) is 3.80. The fourth-order valence-electron chi connectivity index (χ4n) is 3.34. The molecule has 0 spiro atoms. The van der Waals surface area contributed by atoms with Crippen molar-refractivity contribution >= 4 is 12.0 Å². The van der Waals surface area contributed by atoms with E-state index in [1.807, 2.05) is 50.2 Å². The predicted molar refractivity (Wildman–Crippen MR) is 116 cm³/mol. The Bertz CT molecular complexity index is 1130. The summed E-state index contributed by atoms with van der Waals surface area (Å²) in [6, 6.07) is 11.7. The highest BCUT2D eigenvalue weighted by molar-refractivity contribution is 6.01. The third-order valence-corrected chi connectivity index (χ3v) is 4.89. The van der Waals surface area contributed by atoms with Crippen LogP contribution in [-0.4, -0.2) is 34.3 Å². The topological polar surface area (TPSA) is 106 Å². The number of methoxy groups -OCH3 is 1. The SMILES string of the molecule is COc1ccc(-n2c(C)cc(/C=C(/C#N)C(=O)NCCCc3nc(C)no3)c2C)cc1. The van der Waals surface area contributed by atoms with Gasteiger partial charge in [0, 0.05) is 30.0 Å².